The van der Waals surface area contributed by atoms with Gasteiger partial charge < -0.3 is 10.6 Å². The number of hydrogen-bond acceptors (Lipinski definition) is 2. The Morgan fingerprint density at radius 1 is 1.00 bits per heavy atom. The van der Waals surface area contributed by atoms with E-state index >= 15 is 0 Å². The molecule has 0 saturated carbocycles. The van der Waals surface area contributed by atoms with Gasteiger partial charge in [0.2, 0.25) is 5.91 Å². The predicted molar refractivity (Wildman–Crippen MR) is 92.7 cm³/mol. The van der Waals surface area contributed by atoms with Gasteiger partial charge in [-0.25, -0.2) is 0 Å². The van der Waals surface area contributed by atoms with Crippen molar-refractivity contribution in [1.29, 1.82) is 0 Å². The Balaban J connectivity index is 1.95. The number of carbonyl (C=O) groups is 2. The van der Waals surface area contributed by atoms with Crippen molar-refractivity contribution in [2.45, 2.75) is 27.2 Å². The summed E-state index contributed by atoms with van der Waals surface area (Å²) in [5.74, 6) is -0.473. The van der Waals surface area contributed by atoms with Gasteiger partial charge in [0.15, 0.2) is 0 Å². The zero-order valence-corrected chi connectivity index (χ0v) is 13.8. The first-order valence-electron chi connectivity index (χ1n) is 7.74. The summed E-state index contributed by atoms with van der Waals surface area (Å²) in [5.41, 5.74) is 4.49. The molecule has 0 fully saturated rings. The van der Waals surface area contributed by atoms with Crippen LogP contribution in [0.1, 0.15) is 34.0 Å². The lowest BCUT2D eigenvalue weighted by molar-refractivity contribution is -0.115. The molecule has 0 bridgehead atoms. The van der Waals surface area contributed by atoms with Gasteiger partial charge in [0, 0.05) is 11.3 Å². The van der Waals surface area contributed by atoms with Crippen LogP contribution >= 0.6 is 0 Å². The second-order valence-corrected chi connectivity index (χ2v) is 5.62. The highest BCUT2D eigenvalue weighted by Gasteiger charge is 2.10. The highest BCUT2D eigenvalue weighted by Crippen LogP contribution is 2.15. The minimum absolute atomic E-state index is 0.0517. The normalized spacial score (nSPS) is 10.2. The van der Waals surface area contributed by atoms with Gasteiger partial charge in [0.25, 0.3) is 5.91 Å². The molecule has 0 aliphatic carbocycles. The Labute approximate surface area is 136 Å². The van der Waals surface area contributed by atoms with E-state index in [-0.39, 0.29) is 18.4 Å². The van der Waals surface area contributed by atoms with Gasteiger partial charge in [-0.15, -0.1) is 0 Å². The van der Waals surface area contributed by atoms with Crippen LogP contribution in [0.4, 0.5) is 5.69 Å². The molecule has 2 aromatic rings. The second kappa shape index (κ2) is 7.58. The fraction of sp³-hybridized carbons (Fsp3) is 0.263. The van der Waals surface area contributed by atoms with Crippen LogP contribution < -0.4 is 10.6 Å². The maximum absolute atomic E-state index is 12.1. The molecule has 0 saturated heterocycles. The van der Waals surface area contributed by atoms with Gasteiger partial charge in [0.05, 0.1) is 6.54 Å². The van der Waals surface area contributed by atoms with Crippen LogP contribution in [0, 0.1) is 13.8 Å². The molecule has 0 aliphatic rings. The van der Waals surface area contributed by atoms with E-state index in [0.29, 0.717) is 5.56 Å². The van der Waals surface area contributed by atoms with Gasteiger partial charge in [-0.05, 0) is 44.0 Å². The number of benzene rings is 2. The van der Waals surface area contributed by atoms with Crippen molar-refractivity contribution >= 4 is 17.5 Å². The monoisotopic (exact) mass is 310 g/mol. The SMILES string of the molecule is CCc1ccccc1NC(=O)CNC(=O)c1cc(C)cc(C)c1. The van der Waals surface area contributed by atoms with Crippen LogP contribution in [-0.2, 0) is 11.2 Å². The molecule has 2 amide bonds. The van der Waals surface area contributed by atoms with Gasteiger partial charge in [-0.2, -0.15) is 0 Å². The van der Waals surface area contributed by atoms with E-state index < -0.39 is 0 Å². The van der Waals surface area contributed by atoms with Gasteiger partial charge in [0.1, 0.15) is 0 Å². The smallest absolute Gasteiger partial charge is 0.251 e. The third-order valence-electron chi connectivity index (χ3n) is 3.57. The zero-order chi connectivity index (χ0) is 16.8. The van der Waals surface area contributed by atoms with Gasteiger partial charge in [-0.1, -0.05) is 42.3 Å². The molecule has 0 heterocycles. The molecule has 0 radical (unpaired) electrons. The first kappa shape index (κ1) is 16.7. The number of nitrogens with one attached hydrogen (secondary N) is 2. The number of hydrogen-bond donors (Lipinski definition) is 2. The number of aryl methyl sites for hydroxylation is 3. The van der Waals surface area contributed by atoms with E-state index in [0.717, 1.165) is 28.8 Å². The van der Waals surface area contributed by atoms with E-state index in [9.17, 15) is 9.59 Å². The summed E-state index contributed by atoms with van der Waals surface area (Å²) in [6.07, 6.45) is 0.839. The Morgan fingerprint density at radius 2 is 1.65 bits per heavy atom. The largest absolute Gasteiger partial charge is 0.343 e. The molecular formula is C19H22N2O2. The average molecular weight is 310 g/mol. The molecule has 0 atom stereocenters. The summed E-state index contributed by atoms with van der Waals surface area (Å²) < 4.78 is 0. The number of carbonyl (C=O) groups excluding carboxylic acids is 2. The second-order valence-electron chi connectivity index (χ2n) is 5.62. The van der Waals surface area contributed by atoms with Crippen LogP contribution in [0.2, 0.25) is 0 Å². The van der Waals surface area contributed by atoms with E-state index in [1.807, 2.05) is 63.2 Å². The summed E-state index contributed by atoms with van der Waals surface area (Å²) in [7, 11) is 0. The standard InChI is InChI=1S/C19H22N2O2/c1-4-15-7-5-6-8-17(15)21-18(22)12-20-19(23)16-10-13(2)9-14(3)11-16/h5-11H,4,12H2,1-3H3,(H,20,23)(H,21,22). The molecule has 4 heteroatoms. The fourth-order valence-electron chi connectivity index (χ4n) is 2.51. The zero-order valence-electron chi connectivity index (χ0n) is 13.8. The van der Waals surface area contributed by atoms with E-state index in [1.54, 1.807) is 0 Å². The lowest BCUT2D eigenvalue weighted by atomic mass is 10.1. The number of para-hydroxylation sites is 1. The Bertz CT molecular complexity index is 703. The quantitative estimate of drug-likeness (QED) is 0.891. The topological polar surface area (TPSA) is 58.2 Å². The molecule has 0 aromatic heterocycles. The van der Waals surface area contributed by atoms with Crippen LogP contribution in [0.25, 0.3) is 0 Å². The minimum atomic E-state index is -0.240. The van der Waals surface area contributed by atoms with Crippen molar-refractivity contribution in [3.63, 3.8) is 0 Å². The van der Waals surface area contributed by atoms with Crippen LogP contribution in [0.15, 0.2) is 42.5 Å². The highest BCUT2D eigenvalue weighted by atomic mass is 16.2. The highest BCUT2D eigenvalue weighted by molar-refractivity contribution is 5.99. The van der Waals surface area contributed by atoms with Crippen LogP contribution in [0.5, 0.6) is 0 Å². The summed E-state index contributed by atoms with van der Waals surface area (Å²) in [6.45, 7) is 5.87. The molecule has 120 valence electrons. The molecule has 0 aliphatic heterocycles. The van der Waals surface area contributed by atoms with Crippen molar-refractivity contribution < 1.29 is 9.59 Å². The third-order valence-corrected chi connectivity index (χ3v) is 3.57. The van der Waals surface area contributed by atoms with E-state index in [2.05, 4.69) is 10.6 Å². The summed E-state index contributed by atoms with van der Waals surface area (Å²) >= 11 is 0. The first-order valence-corrected chi connectivity index (χ1v) is 7.74. The summed E-state index contributed by atoms with van der Waals surface area (Å²) in [5, 5.41) is 5.50. The molecule has 2 N–H and O–H groups in total. The third kappa shape index (κ3) is 4.68. The molecule has 23 heavy (non-hydrogen) atoms. The average Bonchev–Trinajstić information content (AvgIpc) is 2.52. The minimum Gasteiger partial charge on any atom is -0.343 e. The van der Waals surface area contributed by atoms with Crippen molar-refractivity contribution in [3.8, 4) is 0 Å². The maximum atomic E-state index is 12.1. The predicted octanol–water partition coefficient (Wildman–Crippen LogP) is 3.23. The number of amides is 2. The first-order chi connectivity index (χ1) is 11.0. The van der Waals surface area contributed by atoms with Crippen molar-refractivity contribution in [2.75, 3.05) is 11.9 Å². The van der Waals surface area contributed by atoms with E-state index in [4.69, 9.17) is 0 Å². The number of rotatable bonds is 5. The van der Waals surface area contributed by atoms with Gasteiger partial charge >= 0.3 is 0 Å². The molecule has 2 aromatic carbocycles. The van der Waals surface area contributed by atoms with Crippen molar-refractivity contribution in [2.24, 2.45) is 0 Å². The summed E-state index contributed by atoms with van der Waals surface area (Å²) in [4.78, 5) is 24.2. The maximum Gasteiger partial charge on any atom is 0.251 e. The molecule has 2 rings (SSSR count). The lowest BCUT2D eigenvalue weighted by Gasteiger charge is -2.11. The molecule has 0 spiro atoms. The van der Waals surface area contributed by atoms with Crippen LogP contribution in [0.3, 0.4) is 0 Å². The van der Waals surface area contributed by atoms with Crippen molar-refractivity contribution in [3.05, 3.63) is 64.7 Å². The summed E-state index contributed by atoms with van der Waals surface area (Å²) in [6, 6.07) is 13.3. The number of anilines is 1. The van der Waals surface area contributed by atoms with E-state index in [1.165, 1.54) is 0 Å². The Hall–Kier alpha value is -2.62. The Morgan fingerprint density at radius 3 is 2.30 bits per heavy atom. The van der Waals surface area contributed by atoms with Crippen LogP contribution in [-0.4, -0.2) is 18.4 Å². The Kier molecular flexibility index (Phi) is 5.52. The molecular weight excluding hydrogens is 288 g/mol. The lowest BCUT2D eigenvalue weighted by Crippen LogP contribution is -2.33. The van der Waals surface area contributed by atoms with Gasteiger partial charge in [-0.3, -0.25) is 9.59 Å². The molecule has 4 nitrogen and oxygen atoms in total. The van der Waals surface area contributed by atoms with Crippen molar-refractivity contribution in [1.82, 2.24) is 5.32 Å². The fourth-order valence-corrected chi connectivity index (χ4v) is 2.51. The molecule has 0 unspecified atom stereocenters.